The maximum absolute atomic E-state index is 13.3. The number of imidazole rings is 1. The van der Waals surface area contributed by atoms with Crippen LogP contribution in [0.5, 0.6) is 0 Å². The molecular weight excluding hydrogens is 334 g/mol. The van der Waals surface area contributed by atoms with Crippen LogP contribution in [0.25, 0.3) is 11.0 Å². The minimum Gasteiger partial charge on any atom is -0.454 e. The number of halogens is 2. The van der Waals surface area contributed by atoms with Gasteiger partial charge in [-0.15, -0.1) is 11.8 Å². The minimum atomic E-state index is -2.76. The zero-order valence-electron chi connectivity index (χ0n) is 12.8. The summed E-state index contributed by atoms with van der Waals surface area (Å²) in [5.41, 5.74) is 1.15. The number of esters is 1. The summed E-state index contributed by atoms with van der Waals surface area (Å²) < 4.78 is 32.7. The molecule has 7 heteroatoms. The largest absolute Gasteiger partial charge is 0.454 e. The van der Waals surface area contributed by atoms with Gasteiger partial charge in [0.15, 0.2) is 5.82 Å². The molecule has 0 bridgehead atoms. The average Bonchev–Trinajstić information content (AvgIpc) is 2.98. The van der Waals surface area contributed by atoms with Gasteiger partial charge in [-0.05, 0) is 30.5 Å². The summed E-state index contributed by atoms with van der Waals surface area (Å²) in [5.74, 6) is -0.547. The van der Waals surface area contributed by atoms with Crippen LogP contribution >= 0.6 is 11.8 Å². The number of benzene rings is 2. The van der Waals surface area contributed by atoms with E-state index in [-0.39, 0.29) is 12.4 Å². The molecule has 24 heavy (non-hydrogen) atoms. The second kappa shape index (κ2) is 7.00. The SMILES string of the molecule is CSc1ccccc1C(=O)OCc1nc2ccccc2n1C(F)F. The predicted octanol–water partition coefficient (Wildman–Crippen LogP) is 4.51. The zero-order valence-corrected chi connectivity index (χ0v) is 13.6. The zero-order chi connectivity index (χ0) is 17.1. The highest BCUT2D eigenvalue weighted by Crippen LogP contribution is 2.25. The van der Waals surface area contributed by atoms with Gasteiger partial charge in [0.2, 0.25) is 0 Å². The van der Waals surface area contributed by atoms with Crippen molar-refractivity contribution in [2.45, 2.75) is 18.1 Å². The quantitative estimate of drug-likeness (QED) is 0.503. The van der Waals surface area contributed by atoms with Gasteiger partial charge in [-0.3, -0.25) is 4.57 Å². The molecule has 0 saturated heterocycles. The molecular formula is C17H14F2N2O2S. The predicted molar refractivity (Wildman–Crippen MR) is 88.3 cm³/mol. The van der Waals surface area contributed by atoms with E-state index in [9.17, 15) is 13.6 Å². The van der Waals surface area contributed by atoms with Crippen LogP contribution in [0.3, 0.4) is 0 Å². The third kappa shape index (κ3) is 3.12. The van der Waals surface area contributed by atoms with E-state index in [0.717, 1.165) is 9.46 Å². The van der Waals surface area contributed by atoms with E-state index in [4.69, 9.17) is 4.74 Å². The Morgan fingerprint density at radius 1 is 1.21 bits per heavy atom. The Kier molecular flexibility index (Phi) is 4.80. The fourth-order valence-electron chi connectivity index (χ4n) is 2.44. The van der Waals surface area contributed by atoms with Gasteiger partial charge < -0.3 is 4.74 Å². The average molecular weight is 348 g/mol. The van der Waals surface area contributed by atoms with Crippen molar-refractivity contribution in [1.29, 1.82) is 0 Å². The molecule has 4 nitrogen and oxygen atoms in total. The molecule has 1 heterocycles. The van der Waals surface area contributed by atoms with Crippen molar-refractivity contribution >= 4 is 28.8 Å². The normalized spacial score (nSPS) is 11.2. The van der Waals surface area contributed by atoms with Gasteiger partial charge in [0.1, 0.15) is 6.61 Å². The minimum absolute atomic E-state index is 0.0150. The molecule has 2 aromatic carbocycles. The highest BCUT2D eigenvalue weighted by Gasteiger charge is 2.19. The number of aromatic nitrogens is 2. The molecule has 0 aliphatic rings. The topological polar surface area (TPSA) is 44.1 Å². The van der Waals surface area contributed by atoms with Crippen molar-refractivity contribution in [3.05, 3.63) is 59.9 Å². The second-order valence-corrected chi connectivity index (χ2v) is 5.79. The van der Waals surface area contributed by atoms with Crippen LogP contribution in [-0.2, 0) is 11.3 Å². The summed E-state index contributed by atoms with van der Waals surface area (Å²) in [6.07, 6.45) is 1.85. The van der Waals surface area contributed by atoms with Crippen molar-refractivity contribution in [2.24, 2.45) is 0 Å². The molecule has 0 atom stereocenters. The Morgan fingerprint density at radius 2 is 1.92 bits per heavy atom. The fraction of sp³-hybridized carbons (Fsp3) is 0.176. The molecule has 0 spiro atoms. The van der Waals surface area contributed by atoms with Gasteiger partial charge in [0.25, 0.3) is 0 Å². The molecule has 0 fully saturated rings. The van der Waals surface area contributed by atoms with Crippen molar-refractivity contribution in [1.82, 2.24) is 9.55 Å². The van der Waals surface area contributed by atoms with Crippen LogP contribution in [0.2, 0.25) is 0 Å². The van der Waals surface area contributed by atoms with E-state index in [2.05, 4.69) is 4.98 Å². The van der Waals surface area contributed by atoms with Gasteiger partial charge in [-0.25, -0.2) is 9.78 Å². The summed E-state index contributed by atoms with van der Waals surface area (Å²) in [7, 11) is 0. The van der Waals surface area contributed by atoms with Crippen molar-refractivity contribution in [2.75, 3.05) is 6.26 Å². The first-order valence-corrected chi connectivity index (χ1v) is 8.38. The lowest BCUT2D eigenvalue weighted by Crippen LogP contribution is -2.11. The Bertz CT molecular complexity index is 880. The van der Waals surface area contributed by atoms with Crippen molar-refractivity contribution < 1.29 is 18.3 Å². The number of alkyl halides is 2. The molecule has 3 rings (SSSR count). The number of rotatable bonds is 5. The number of fused-ring (bicyclic) bond motifs is 1. The van der Waals surface area contributed by atoms with Crippen LogP contribution in [0.4, 0.5) is 8.78 Å². The monoisotopic (exact) mass is 348 g/mol. The molecule has 0 unspecified atom stereocenters. The number of hydrogen-bond donors (Lipinski definition) is 0. The molecule has 1 aromatic heterocycles. The number of para-hydroxylation sites is 2. The maximum atomic E-state index is 13.3. The second-order valence-electron chi connectivity index (χ2n) is 4.94. The van der Waals surface area contributed by atoms with Crippen molar-refractivity contribution in [3.63, 3.8) is 0 Å². The van der Waals surface area contributed by atoms with Crippen molar-refractivity contribution in [3.8, 4) is 0 Å². The van der Waals surface area contributed by atoms with Crippen LogP contribution in [0.15, 0.2) is 53.4 Å². The maximum Gasteiger partial charge on any atom is 0.339 e. The van der Waals surface area contributed by atoms with Crippen LogP contribution in [0.1, 0.15) is 22.7 Å². The van der Waals surface area contributed by atoms with E-state index < -0.39 is 12.5 Å². The highest BCUT2D eigenvalue weighted by atomic mass is 32.2. The molecule has 0 radical (unpaired) electrons. The van der Waals surface area contributed by atoms with Crippen LogP contribution < -0.4 is 0 Å². The van der Waals surface area contributed by atoms with E-state index >= 15 is 0 Å². The lowest BCUT2D eigenvalue weighted by atomic mass is 10.2. The van der Waals surface area contributed by atoms with Gasteiger partial charge in [0.05, 0.1) is 16.6 Å². The Hall–Kier alpha value is -2.41. The Labute approximate surface area is 141 Å². The first-order valence-electron chi connectivity index (χ1n) is 7.16. The Morgan fingerprint density at radius 3 is 2.67 bits per heavy atom. The van der Waals surface area contributed by atoms with E-state index in [1.54, 1.807) is 42.5 Å². The first kappa shape index (κ1) is 16.4. The fourth-order valence-corrected chi connectivity index (χ4v) is 3.02. The molecule has 0 aliphatic carbocycles. The summed E-state index contributed by atoms with van der Waals surface area (Å²) in [6, 6.07) is 13.6. The summed E-state index contributed by atoms with van der Waals surface area (Å²) in [4.78, 5) is 17.1. The number of nitrogens with zero attached hydrogens (tertiary/aromatic N) is 2. The van der Waals surface area contributed by atoms with Crippen LogP contribution in [0, 0.1) is 0 Å². The number of hydrogen-bond acceptors (Lipinski definition) is 4. The van der Waals surface area contributed by atoms with Gasteiger partial charge in [0, 0.05) is 4.90 Å². The summed E-state index contributed by atoms with van der Waals surface area (Å²) >= 11 is 1.42. The van der Waals surface area contributed by atoms with E-state index in [1.165, 1.54) is 11.8 Å². The number of thioether (sulfide) groups is 1. The molecule has 124 valence electrons. The first-order chi connectivity index (χ1) is 11.6. The van der Waals surface area contributed by atoms with E-state index in [1.807, 2.05) is 12.3 Å². The highest BCUT2D eigenvalue weighted by molar-refractivity contribution is 7.98. The third-order valence-corrected chi connectivity index (χ3v) is 4.32. The molecule has 3 aromatic rings. The van der Waals surface area contributed by atoms with E-state index in [0.29, 0.717) is 16.6 Å². The summed E-state index contributed by atoms with van der Waals surface area (Å²) in [5, 5.41) is 0. The lowest BCUT2D eigenvalue weighted by Gasteiger charge is -2.10. The van der Waals surface area contributed by atoms with Gasteiger partial charge in [-0.2, -0.15) is 8.78 Å². The van der Waals surface area contributed by atoms with Gasteiger partial charge >= 0.3 is 12.5 Å². The number of carbonyl (C=O) groups is 1. The molecule has 0 amide bonds. The molecule has 0 saturated carbocycles. The molecule has 0 N–H and O–H groups in total. The van der Waals surface area contributed by atoms with Crippen LogP contribution in [-0.4, -0.2) is 21.8 Å². The van der Waals surface area contributed by atoms with Gasteiger partial charge in [-0.1, -0.05) is 24.3 Å². The standard InChI is InChI=1S/C17H14F2N2O2S/c1-24-14-9-5-2-6-11(14)16(22)23-10-15-20-12-7-3-4-8-13(12)21(15)17(18)19/h2-9,17H,10H2,1H3. The third-order valence-electron chi connectivity index (χ3n) is 3.52. The number of ether oxygens (including phenoxy) is 1. The summed E-state index contributed by atoms with van der Waals surface area (Å²) in [6.45, 7) is -3.08. The Balaban J connectivity index is 1.85. The lowest BCUT2D eigenvalue weighted by molar-refractivity contribution is 0.0384. The smallest absolute Gasteiger partial charge is 0.339 e. The molecule has 0 aliphatic heterocycles. The number of carbonyl (C=O) groups excluding carboxylic acids is 1.